The van der Waals surface area contributed by atoms with Crippen molar-refractivity contribution < 1.29 is 0 Å². The van der Waals surface area contributed by atoms with Crippen molar-refractivity contribution in [2.24, 2.45) is 0 Å². The molecular formula is C25H27N7. The monoisotopic (exact) mass is 425 g/mol. The van der Waals surface area contributed by atoms with E-state index in [1.807, 2.05) is 36.8 Å². The Bertz CT molecular complexity index is 1180. The zero-order valence-corrected chi connectivity index (χ0v) is 18.2. The Labute approximate surface area is 188 Å². The Morgan fingerprint density at radius 1 is 0.969 bits per heavy atom. The summed E-state index contributed by atoms with van der Waals surface area (Å²) in [6, 6.07) is 12.6. The van der Waals surface area contributed by atoms with Gasteiger partial charge in [0.15, 0.2) is 0 Å². The van der Waals surface area contributed by atoms with E-state index in [4.69, 9.17) is 4.98 Å². The molecule has 7 heteroatoms. The second-order valence-electron chi connectivity index (χ2n) is 8.02. The summed E-state index contributed by atoms with van der Waals surface area (Å²) in [7, 11) is 0. The predicted octanol–water partition coefficient (Wildman–Crippen LogP) is 4.43. The number of anilines is 1. The van der Waals surface area contributed by atoms with Crippen molar-refractivity contribution in [3.63, 3.8) is 0 Å². The summed E-state index contributed by atoms with van der Waals surface area (Å²) in [5.74, 6) is 0.829. The van der Waals surface area contributed by atoms with E-state index in [1.54, 1.807) is 6.20 Å². The Morgan fingerprint density at radius 2 is 1.81 bits per heavy atom. The third-order valence-electron chi connectivity index (χ3n) is 5.80. The molecule has 7 nitrogen and oxygen atoms in total. The van der Waals surface area contributed by atoms with Crippen LogP contribution in [0.5, 0.6) is 0 Å². The summed E-state index contributed by atoms with van der Waals surface area (Å²) in [4.78, 5) is 13.8. The molecule has 0 atom stereocenters. The van der Waals surface area contributed by atoms with Gasteiger partial charge < -0.3 is 10.6 Å². The van der Waals surface area contributed by atoms with Crippen LogP contribution < -0.4 is 10.6 Å². The third kappa shape index (κ3) is 4.38. The number of hydrogen-bond acceptors (Lipinski definition) is 6. The minimum absolute atomic E-state index is 0.463. The molecule has 162 valence electrons. The van der Waals surface area contributed by atoms with Gasteiger partial charge in [-0.1, -0.05) is 6.07 Å². The van der Waals surface area contributed by atoms with Crippen molar-refractivity contribution in [1.29, 1.82) is 0 Å². The lowest BCUT2D eigenvalue weighted by molar-refractivity contribution is 0.343. The number of hydrogen-bond donors (Lipinski definition) is 2. The van der Waals surface area contributed by atoms with E-state index in [1.165, 1.54) is 0 Å². The maximum atomic E-state index is 4.74. The maximum absolute atomic E-state index is 4.74. The molecule has 4 aromatic rings. The van der Waals surface area contributed by atoms with Gasteiger partial charge in [0, 0.05) is 48.0 Å². The molecule has 1 aliphatic rings. The standard InChI is InChI=1S/C25H27N7/c1-2-28-25-13-18(12-24(31-25)23-5-3-4-8-29-23)19-11-20(15-27-14-19)21-16-30-32(17-21)22-6-9-26-10-7-22/h3-5,8,11-17,22,26H,2,6-7,9-10H2,1H3,(H,28,31). The molecule has 4 aromatic heterocycles. The molecule has 1 saturated heterocycles. The molecule has 1 aliphatic heterocycles. The third-order valence-corrected chi connectivity index (χ3v) is 5.80. The van der Waals surface area contributed by atoms with Gasteiger partial charge in [-0.25, -0.2) is 4.98 Å². The first-order chi connectivity index (χ1) is 15.8. The van der Waals surface area contributed by atoms with Gasteiger partial charge in [-0.2, -0.15) is 5.10 Å². The van der Waals surface area contributed by atoms with Crippen LogP contribution in [-0.2, 0) is 0 Å². The van der Waals surface area contributed by atoms with Crippen LogP contribution >= 0.6 is 0 Å². The highest BCUT2D eigenvalue weighted by atomic mass is 15.3. The van der Waals surface area contributed by atoms with Crippen molar-refractivity contribution in [2.75, 3.05) is 25.0 Å². The van der Waals surface area contributed by atoms with E-state index in [9.17, 15) is 0 Å². The lowest BCUT2D eigenvalue weighted by Crippen LogP contribution is -2.29. The summed E-state index contributed by atoms with van der Waals surface area (Å²) >= 11 is 0. The van der Waals surface area contributed by atoms with Crippen LogP contribution in [0.1, 0.15) is 25.8 Å². The lowest BCUT2D eigenvalue weighted by atomic mass is 10.0. The van der Waals surface area contributed by atoms with E-state index in [2.05, 4.69) is 61.7 Å². The van der Waals surface area contributed by atoms with Gasteiger partial charge in [-0.15, -0.1) is 0 Å². The largest absolute Gasteiger partial charge is 0.370 e. The smallest absolute Gasteiger partial charge is 0.127 e. The fourth-order valence-electron chi connectivity index (χ4n) is 4.13. The van der Waals surface area contributed by atoms with Gasteiger partial charge in [-0.3, -0.25) is 14.6 Å². The van der Waals surface area contributed by atoms with Crippen molar-refractivity contribution in [1.82, 2.24) is 30.0 Å². The Balaban J connectivity index is 1.49. The average Bonchev–Trinajstić information content (AvgIpc) is 3.36. The average molecular weight is 426 g/mol. The molecule has 0 spiro atoms. The molecule has 0 amide bonds. The molecule has 0 bridgehead atoms. The number of rotatable bonds is 6. The van der Waals surface area contributed by atoms with Gasteiger partial charge in [0.05, 0.1) is 23.6 Å². The Hall–Kier alpha value is -3.58. The van der Waals surface area contributed by atoms with Crippen LogP contribution in [0.4, 0.5) is 5.82 Å². The van der Waals surface area contributed by atoms with Crippen LogP contribution in [-0.4, -0.2) is 44.4 Å². The highest BCUT2D eigenvalue weighted by Gasteiger charge is 2.16. The molecule has 1 fully saturated rings. The molecule has 5 heterocycles. The van der Waals surface area contributed by atoms with Crippen LogP contribution in [0.15, 0.2) is 67.4 Å². The Morgan fingerprint density at radius 3 is 2.59 bits per heavy atom. The summed E-state index contributed by atoms with van der Waals surface area (Å²) < 4.78 is 2.11. The Kier molecular flexibility index (Phi) is 5.89. The fourth-order valence-corrected chi connectivity index (χ4v) is 4.13. The van der Waals surface area contributed by atoms with Crippen molar-refractivity contribution in [2.45, 2.75) is 25.8 Å². The first-order valence-corrected chi connectivity index (χ1v) is 11.2. The molecule has 0 unspecified atom stereocenters. The molecule has 0 aliphatic carbocycles. The number of aromatic nitrogens is 5. The normalized spacial score (nSPS) is 14.4. The molecule has 0 aromatic carbocycles. The molecule has 5 rings (SSSR count). The van der Waals surface area contributed by atoms with Crippen LogP contribution in [0.3, 0.4) is 0 Å². The zero-order chi connectivity index (χ0) is 21.8. The number of nitrogens with one attached hydrogen (secondary N) is 2. The highest BCUT2D eigenvalue weighted by molar-refractivity contribution is 5.75. The summed E-state index contributed by atoms with van der Waals surface area (Å²) in [5.41, 5.74) is 5.92. The molecule has 0 saturated carbocycles. The molecule has 2 N–H and O–H groups in total. The topological polar surface area (TPSA) is 80.5 Å². The lowest BCUT2D eigenvalue weighted by Gasteiger charge is -2.22. The van der Waals surface area contributed by atoms with E-state index >= 15 is 0 Å². The summed E-state index contributed by atoms with van der Waals surface area (Å²) in [6.45, 7) is 4.96. The van der Waals surface area contributed by atoms with Crippen molar-refractivity contribution >= 4 is 5.82 Å². The predicted molar refractivity (Wildman–Crippen MR) is 127 cm³/mol. The summed E-state index contributed by atoms with van der Waals surface area (Å²) in [5, 5.41) is 11.4. The minimum Gasteiger partial charge on any atom is -0.370 e. The van der Waals surface area contributed by atoms with Gasteiger partial charge in [0.2, 0.25) is 0 Å². The van der Waals surface area contributed by atoms with E-state index < -0.39 is 0 Å². The molecular weight excluding hydrogens is 398 g/mol. The fraction of sp³-hybridized carbons (Fsp3) is 0.280. The second-order valence-corrected chi connectivity index (χ2v) is 8.02. The first-order valence-electron chi connectivity index (χ1n) is 11.2. The zero-order valence-electron chi connectivity index (χ0n) is 18.2. The van der Waals surface area contributed by atoms with Crippen LogP contribution in [0, 0.1) is 0 Å². The molecule has 0 radical (unpaired) electrons. The minimum atomic E-state index is 0.463. The van der Waals surface area contributed by atoms with Crippen LogP contribution in [0.2, 0.25) is 0 Å². The van der Waals surface area contributed by atoms with E-state index in [-0.39, 0.29) is 0 Å². The number of nitrogens with zero attached hydrogens (tertiary/aromatic N) is 5. The number of piperidine rings is 1. The molecule has 32 heavy (non-hydrogen) atoms. The quantitative estimate of drug-likeness (QED) is 0.476. The maximum Gasteiger partial charge on any atom is 0.127 e. The van der Waals surface area contributed by atoms with Gasteiger partial charge in [0.1, 0.15) is 5.82 Å². The first kappa shape index (κ1) is 20.3. The van der Waals surface area contributed by atoms with E-state index in [0.29, 0.717) is 6.04 Å². The van der Waals surface area contributed by atoms with Gasteiger partial charge in [-0.05, 0) is 68.8 Å². The van der Waals surface area contributed by atoms with E-state index in [0.717, 1.165) is 71.9 Å². The van der Waals surface area contributed by atoms with Crippen LogP contribution in [0.25, 0.3) is 33.6 Å². The summed E-state index contributed by atoms with van der Waals surface area (Å²) in [6.07, 6.45) is 11.9. The number of pyridine rings is 3. The SMILES string of the molecule is CCNc1cc(-c2cncc(-c3cnn(C4CCNCC4)c3)c2)cc(-c2ccccn2)n1. The van der Waals surface area contributed by atoms with Gasteiger partial charge >= 0.3 is 0 Å². The van der Waals surface area contributed by atoms with Crippen molar-refractivity contribution in [3.8, 4) is 33.6 Å². The van der Waals surface area contributed by atoms with Crippen molar-refractivity contribution in [3.05, 3.63) is 67.4 Å². The highest BCUT2D eigenvalue weighted by Crippen LogP contribution is 2.30. The van der Waals surface area contributed by atoms with Gasteiger partial charge in [0.25, 0.3) is 0 Å². The second kappa shape index (κ2) is 9.28.